The Morgan fingerprint density at radius 2 is 2.18 bits per heavy atom. The maximum Gasteiger partial charge on any atom is 0.282 e. The van der Waals surface area contributed by atoms with E-state index < -0.39 is 19.1 Å². The molecule has 1 aliphatic heterocycles. The van der Waals surface area contributed by atoms with Crippen molar-refractivity contribution in [1.82, 2.24) is 5.32 Å². The lowest BCUT2D eigenvalue weighted by atomic mass is 10.0. The average Bonchev–Trinajstić information content (AvgIpc) is 2.73. The number of benzene rings is 1. The van der Waals surface area contributed by atoms with E-state index in [-0.39, 0.29) is 5.92 Å². The fourth-order valence-corrected chi connectivity index (χ4v) is 1.88. The first-order chi connectivity index (χ1) is 8.12. The molecule has 1 aromatic carbocycles. The van der Waals surface area contributed by atoms with Crippen molar-refractivity contribution in [2.75, 3.05) is 26.3 Å². The highest BCUT2D eigenvalue weighted by atomic mass is 19.3. The number of nitrogens with one attached hydrogen (secondary N) is 1. The Hall–Kier alpha value is -1.20. The van der Waals surface area contributed by atoms with Gasteiger partial charge in [0.05, 0.1) is 13.2 Å². The maximum atomic E-state index is 12.8. The van der Waals surface area contributed by atoms with Gasteiger partial charge in [-0.05, 0) is 6.07 Å². The van der Waals surface area contributed by atoms with Crippen LogP contribution in [0.2, 0.25) is 0 Å². The summed E-state index contributed by atoms with van der Waals surface area (Å²) < 4.78 is 31.0. The van der Waals surface area contributed by atoms with Gasteiger partial charge in [0.25, 0.3) is 5.92 Å². The van der Waals surface area contributed by atoms with Crippen molar-refractivity contribution in [2.24, 2.45) is 0 Å². The molecule has 0 saturated heterocycles. The smallest absolute Gasteiger partial charge is 0.282 e. The molecule has 17 heavy (non-hydrogen) atoms. The number of hydrogen-bond donors (Lipinski definition) is 2. The number of aliphatic hydroxyl groups excluding tert-OH is 1. The van der Waals surface area contributed by atoms with Gasteiger partial charge in [-0.1, -0.05) is 18.2 Å². The van der Waals surface area contributed by atoms with Gasteiger partial charge in [-0.15, -0.1) is 0 Å². The first-order valence-electron chi connectivity index (χ1n) is 5.53. The number of halogens is 2. The predicted octanol–water partition coefficient (Wildman–Crippen LogP) is 1.38. The predicted molar refractivity (Wildman–Crippen MR) is 59.6 cm³/mol. The molecule has 0 radical (unpaired) electrons. The van der Waals surface area contributed by atoms with Crippen LogP contribution < -0.4 is 10.1 Å². The van der Waals surface area contributed by atoms with E-state index in [1.54, 1.807) is 0 Å². The highest BCUT2D eigenvalue weighted by Gasteiger charge is 2.29. The number of hydrogen-bond acceptors (Lipinski definition) is 3. The summed E-state index contributed by atoms with van der Waals surface area (Å²) in [6, 6.07) is 7.61. The zero-order valence-electron chi connectivity index (χ0n) is 9.33. The van der Waals surface area contributed by atoms with E-state index in [4.69, 9.17) is 9.84 Å². The van der Waals surface area contributed by atoms with E-state index in [0.29, 0.717) is 13.2 Å². The lowest BCUT2D eigenvalue weighted by molar-refractivity contribution is -0.0476. The second-order valence-corrected chi connectivity index (χ2v) is 4.19. The maximum absolute atomic E-state index is 12.8. The standard InChI is InChI=1S/C12H15F2NO2/c13-12(14,8-16)7-15-5-9-6-17-11-4-2-1-3-10(9)11/h1-4,9,15-16H,5-8H2. The van der Waals surface area contributed by atoms with Crippen molar-refractivity contribution in [3.05, 3.63) is 29.8 Å². The van der Waals surface area contributed by atoms with Gasteiger partial charge in [0.2, 0.25) is 0 Å². The molecule has 94 valence electrons. The molecule has 1 aromatic rings. The summed E-state index contributed by atoms with van der Waals surface area (Å²) in [4.78, 5) is 0. The van der Waals surface area contributed by atoms with Crippen LogP contribution in [-0.4, -0.2) is 37.3 Å². The van der Waals surface area contributed by atoms with Crippen molar-refractivity contribution in [2.45, 2.75) is 11.8 Å². The molecule has 0 aliphatic carbocycles. The number of para-hydroxylation sites is 1. The molecule has 0 aromatic heterocycles. The zero-order chi connectivity index (χ0) is 12.3. The molecule has 2 rings (SSSR count). The Morgan fingerprint density at radius 3 is 2.94 bits per heavy atom. The Bertz CT molecular complexity index is 385. The van der Waals surface area contributed by atoms with Crippen molar-refractivity contribution in [3.63, 3.8) is 0 Å². The highest BCUT2D eigenvalue weighted by Crippen LogP contribution is 2.32. The van der Waals surface area contributed by atoms with E-state index in [1.807, 2.05) is 24.3 Å². The fraction of sp³-hybridized carbons (Fsp3) is 0.500. The minimum atomic E-state index is -3.06. The summed E-state index contributed by atoms with van der Waals surface area (Å²) in [5, 5.41) is 11.1. The molecular formula is C12H15F2NO2. The monoisotopic (exact) mass is 243 g/mol. The van der Waals surface area contributed by atoms with Crippen molar-refractivity contribution in [3.8, 4) is 5.75 Å². The van der Waals surface area contributed by atoms with Crippen LogP contribution in [0.1, 0.15) is 11.5 Å². The molecule has 0 fully saturated rings. The summed E-state index contributed by atoms with van der Waals surface area (Å²) in [5.41, 5.74) is 1.05. The Morgan fingerprint density at radius 1 is 1.41 bits per heavy atom. The third-order valence-corrected chi connectivity index (χ3v) is 2.80. The molecule has 0 saturated carbocycles. The number of rotatable bonds is 5. The van der Waals surface area contributed by atoms with Gasteiger partial charge in [0, 0.05) is 18.0 Å². The van der Waals surface area contributed by atoms with Crippen LogP contribution in [0.5, 0.6) is 5.75 Å². The van der Waals surface area contributed by atoms with Gasteiger partial charge in [-0.25, -0.2) is 8.78 Å². The molecule has 1 unspecified atom stereocenters. The highest BCUT2D eigenvalue weighted by molar-refractivity contribution is 5.39. The van der Waals surface area contributed by atoms with E-state index in [1.165, 1.54) is 0 Å². The van der Waals surface area contributed by atoms with Crippen LogP contribution in [0.3, 0.4) is 0 Å². The quantitative estimate of drug-likeness (QED) is 0.821. The van der Waals surface area contributed by atoms with E-state index in [0.717, 1.165) is 11.3 Å². The fourth-order valence-electron chi connectivity index (χ4n) is 1.88. The topological polar surface area (TPSA) is 41.5 Å². The summed E-state index contributed by atoms with van der Waals surface area (Å²) in [6.45, 7) is -0.705. The third kappa shape index (κ3) is 2.92. The van der Waals surface area contributed by atoms with Gasteiger partial charge in [0.15, 0.2) is 0 Å². The minimum absolute atomic E-state index is 0.0979. The Balaban J connectivity index is 1.86. The second-order valence-electron chi connectivity index (χ2n) is 4.19. The molecule has 3 nitrogen and oxygen atoms in total. The summed E-state index contributed by atoms with van der Waals surface area (Å²) in [5.74, 6) is -2.13. The van der Waals surface area contributed by atoms with E-state index in [9.17, 15) is 8.78 Å². The molecular weight excluding hydrogens is 228 g/mol. The summed E-state index contributed by atoms with van der Waals surface area (Å²) in [6.07, 6.45) is 0. The molecule has 0 spiro atoms. The van der Waals surface area contributed by atoms with Gasteiger partial charge >= 0.3 is 0 Å². The lowest BCUT2D eigenvalue weighted by Gasteiger charge is -2.16. The van der Waals surface area contributed by atoms with Crippen LogP contribution in [0.15, 0.2) is 24.3 Å². The minimum Gasteiger partial charge on any atom is -0.493 e. The second kappa shape index (κ2) is 4.98. The molecule has 5 heteroatoms. The first-order valence-corrected chi connectivity index (χ1v) is 5.53. The normalized spacial score (nSPS) is 18.9. The SMILES string of the molecule is OCC(F)(F)CNCC1COc2ccccc21. The van der Waals surface area contributed by atoms with Crippen molar-refractivity contribution >= 4 is 0 Å². The molecule has 1 atom stereocenters. The van der Waals surface area contributed by atoms with Gasteiger partial charge in [-0.2, -0.15) is 0 Å². The Kier molecular flexibility index (Phi) is 3.59. The molecule has 0 bridgehead atoms. The van der Waals surface area contributed by atoms with Gasteiger partial charge in [0.1, 0.15) is 12.4 Å². The number of fused-ring (bicyclic) bond motifs is 1. The largest absolute Gasteiger partial charge is 0.493 e. The van der Waals surface area contributed by atoms with Crippen LogP contribution in [0.4, 0.5) is 8.78 Å². The van der Waals surface area contributed by atoms with Crippen LogP contribution in [-0.2, 0) is 0 Å². The van der Waals surface area contributed by atoms with E-state index in [2.05, 4.69) is 5.32 Å². The first kappa shape index (κ1) is 12.3. The van der Waals surface area contributed by atoms with Crippen LogP contribution in [0.25, 0.3) is 0 Å². The van der Waals surface area contributed by atoms with Crippen molar-refractivity contribution < 1.29 is 18.6 Å². The third-order valence-electron chi connectivity index (χ3n) is 2.80. The van der Waals surface area contributed by atoms with E-state index >= 15 is 0 Å². The average molecular weight is 243 g/mol. The van der Waals surface area contributed by atoms with Crippen molar-refractivity contribution in [1.29, 1.82) is 0 Å². The molecule has 0 amide bonds. The van der Waals surface area contributed by atoms with Crippen LogP contribution >= 0.6 is 0 Å². The lowest BCUT2D eigenvalue weighted by Crippen LogP contribution is -2.37. The Labute approximate surface area is 98.4 Å². The molecule has 2 N–H and O–H groups in total. The molecule has 1 heterocycles. The van der Waals surface area contributed by atoms with Gasteiger partial charge < -0.3 is 15.2 Å². The number of aliphatic hydroxyl groups is 1. The summed E-state index contributed by atoms with van der Waals surface area (Å²) in [7, 11) is 0. The van der Waals surface area contributed by atoms with Crippen LogP contribution in [0, 0.1) is 0 Å². The summed E-state index contributed by atoms with van der Waals surface area (Å²) >= 11 is 0. The number of ether oxygens (including phenoxy) is 1. The number of alkyl halides is 2. The molecule has 1 aliphatic rings. The van der Waals surface area contributed by atoms with Gasteiger partial charge in [-0.3, -0.25) is 0 Å². The zero-order valence-corrected chi connectivity index (χ0v) is 9.33.